The van der Waals surface area contributed by atoms with E-state index >= 15 is 0 Å². The van der Waals surface area contributed by atoms with Gasteiger partial charge in [-0.15, -0.1) is 0 Å². The third-order valence-electron chi connectivity index (χ3n) is 12.1. The maximum Gasteiger partial charge on any atom is 0.267 e. The summed E-state index contributed by atoms with van der Waals surface area (Å²) in [4.78, 5) is 64.1. The number of carbonyl (C=O) groups is 4. The summed E-state index contributed by atoms with van der Waals surface area (Å²) in [6, 6.07) is 10.9. The van der Waals surface area contributed by atoms with Crippen LogP contribution in [0.5, 0.6) is 11.5 Å². The highest BCUT2D eigenvalue weighted by Gasteiger charge is 2.40. The Hall–Kier alpha value is -6.88. The Morgan fingerprint density at radius 2 is 1.30 bits per heavy atom. The number of thiazole rings is 2. The second-order valence-electron chi connectivity index (χ2n) is 16.6. The van der Waals surface area contributed by atoms with E-state index in [-0.39, 0.29) is 48.5 Å². The van der Waals surface area contributed by atoms with Crippen LogP contribution in [0.4, 0.5) is 33.3 Å². The Morgan fingerprint density at radius 3 is 1.82 bits per heavy atom. The number of fused-ring (bicyclic) bond motifs is 2. The van der Waals surface area contributed by atoms with Crippen LogP contribution in [-0.2, 0) is 35.5 Å². The van der Waals surface area contributed by atoms with E-state index in [1.54, 1.807) is 72.0 Å². The molecular weight excluding hydrogens is 885 g/mol. The van der Waals surface area contributed by atoms with Crippen molar-refractivity contribution in [2.45, 2.75) is 77.2 Å². The van der Waals surface area contributed by atoms with Gasteiger partial charge in [0.1, 0.15) is 34.3 Å². The predicted octanol–water partition coefficient (Wildman–Crippen LogP) is 4.24. The van der Waals surface area contributed by atoms with Gasteiger partial charge in [0.2, 0.25) is 11.8 Å². The summed E-state index contributed by atoms with van der Waals surface area (Å²) in [6.07, 6.45) is 9.92. The van der Waals surface area contributed by atoms with Gasteiger partial charge in [-0.1, -0.05) is 34.8 Å². The standard InChI is InChI=1S/C44H50N14O6S2/c1-24-31(59)7-5-26(39(24)52-41(63)33-19-47-43(65-33)50-35-11-15-56(54-35)22-37(61)49-28-9-13-45-14-10-28)3-4-27-6-8-32(60)25(2)40(27)53-42(64)34-20-48-44(66-34)51-36-12-16-57(55-36)23-38(62)58-21-29-17-30(58)18-46-29/h5-8,11-12,15-16,19-20,28-30,45-46,59-60H,3-4,9-10,13-14,17-18,21-23H2,1-2H3,(H,49,61)(H,52,63)(H,53,64)(H,47,50,54)(H,48,51,55)/t29-,30-/m0/s1. The monoisotopic (exact) mass is 934 g/mol. The number of piperazine rings is 1. The van der Waals surface area contributed by atoms with Crippen LogP contribution in [0.1, 0.15) is 60.9 Å². The molecule has 344 valence electrons. The van der Waals surface area contributed by atoms with Crippen LogP contribution in [0.2, 0.25) is 0 Å². The molecule has 3 fully saturated rings. The summed E-state index contributed by atoms with van der Waals surface area (Å²) < 4.78 is 3.13. The largest absolute Gasteiger partial charge is 0.508 e. The number of hydrogen-bond donors (Lipinski definition) is 9. The molecule has 3 aliphatic rings. The van der Waals surface area contributed by atoms with Gasteiger partial charge in [0.25, 0.3) is 11.8 Å². The molecule has 3 saturated heterocycles. The second kappa shape index (κ2) is 19.3. The minimum absolute atomic E-state index is 0.0120. The number of phenols is 2. The number of benzene rings is 2. The molecule has 0 unspecified atom stereocenters. The van der Waals surface area contributed by atoms with Gasteiger partial charge in [-0.3, -0.25) is 28.5 Å². The quantitative estimate of drug-likeness (QED) is 0.0659. The lowest BCUT2D eigenvalue weighted by atomic mass is 9.97. The topological polar surface area (TPSA) is 258 Å². The van der Waals surface area contributed by atoms with E-state index in [4.69, 9.17) is 0 Å². The summed E-state index contributed by atoms with van der Waals surface area (Å²) >= 11 is 2.26. The number of amides is 4. The zero-order chi connectivity index (χ0) is 45.9. The summed E-state index contributed by atoms with van der Waals surface area (Å²) in [5, 5.41) is 53.1. The van der Waals surface area contributed by atoms with E-state index in [9.17, 15) is 29.4 Å². The second-order valence-corrected chi connectivity index (χ2v) is 18.7. The van der Waals surface area contributed by atoms with Gasteiger partial charge in [-0.2, -0.15) is 10.2 Å². The summed E-state index contributed by atoms with van der Waals surface area (Å²) in [6.45, 7) is 6.96. The number of aromatic hydroxyl groups is 2. The van der Waals surface area contributed by atoms with Crippen molar-refractivity contribution >= 4 is 79.6 Å². The van der Waals surface area contributed by atoms with Crippen LogP contribution in [0.25, 0.3) is 0 Å². The summed E-state index contributed by atoms with van der Waals surface area (Å²) in [5.74, 6) is 0.0610. The molecule has 2 atom stereocenters. The van der Waals surface area contributed by atoms with E-state index in [1.807, 2.05) is 4.90 Å². The first kappa shape index (κ1) is 44.3. The summed E-state index contributed by atoms with van der Waals surface area (Å²) in [5.41, 5.74) is 3.34. The number of likely N-dealkylation sites (tertiary alicyclic amines) is 1. The van der Waals surface area contributed by atoms with Crippen molar-refractivity contribution in [3.8, 4) is 11.5 Å². The van der Waals surface area contributed by atoms with Crippen LogP contribution in [-0.4, -0.2) is 113 Å². The molecule has 6 aromatic rings. The Balaban J connectivity index is 0.808. The lowest BCUT2D eigenvalue weighted by molar-refractivity contribution is -0.133. The smallest absolute Gasteiger partial charge is 0.267 e. The molecule has 0 aliphatic carbocycles. The molecule has 4 aromatic heterocycles. The molecule has 9 rings (SSSR count). The molecule has 22 heteroatoms. The molecule has 9 N–H and O–H groups in total. The van der Waals surface area contributed by atoms with Crippen molar-refractivity contribution < 1.29 is 29.4 Å². The first-order valence-corrected chi connectivity index (χ1v) is 23.4. The number of hydrogen-bond acceptors (Lipinski definition) is 16. The molecule has 4 amide bonds. The average molecular weight is 935 g/mol. The van der Waals surface area contributed by atoms with Crippen LogP contribution in [0.15, 0.2) is 61.2 Å². The van der Waals surface area contributed by atoms with Crippen LogP contribution >= 0.6 is 22.7 Å². The van der Waals surface area contributed by atoms with Gasteiger partial charge in [0, 0.05) is 66.9 Å². The van der Waals surface area contributed by atoms with Gasteiger partial charge in [-0.25, -0.2) is 9.97 Å². The average Bonchev–Trinajstić information content (AvgIpc) is 4.18. The van der Waals surface area contributed by atoms with E-state index in [0.717, 1.165) is 79.2 Å². The zero-order valence-corrected chi connectivity index (χ0v) is 37.9. The summed E-state index contributed by atoms with van der Waals surface area (Å²) in [7, 11) is 0. The lowest BCUT2D eigenvalue weighted by Crippen LogP contribution is -2.47. The van der Waals surface area contributed by atoms with Gasteiger partial charge in [0.05, 0.1) is 23.8 Å². The Kier molecular flexibility index (Phi) is 13.0. The molecule has 20 nitrogen and oxygen atoms in total. The number of rotatable bonds is 16. The van der Waals surface area contributed by atoms with Gasteiger partial charge >= 0.3 is 0 Å². The Morgan fingerprint density at radius 1 is 0.758 bits per heavy atom. The number of aryl methyl sites for hydroxylation is 2. The number of nitrogens with one attached hydrogen (secondary N) is 7. The van der Waals surface area contributed by atoms with Crippen molar-refractivity contribution in [1.29, 1.82) is 0 Å². The highest BCUT2D eigenvalue weighted by molar-refractivity contribution is 7.18. The number of anilines is 6. The number of phenolic OH excluding ortho intramolecular Hbond substituents is 2. The van der Waals surface area contributed by atoms with Crippen LogP contribution < -0.4 is 37.2 Å². The van der Waals surface area contributed by atoms with Gasteiger partial charge < -0.3 is 52.3 Å². The van der Waals surface area contributed by atoms with E-state index in [1.165, 1.54) is 12.4 Å². The van der Waals surface area contributed by atoms with Crippen molar-refractivity contribution in [2.75, 3.05) is 47.4 Å². The predicted molar refractivity (Wildman–Crippen MR) is 250 cm³/mol. The Bertz CT molecular complexity index is 2780. The molecule has 66 heavy (non-hydrogen) atoms. The van der Waals surface area contributed by atoms with E-state index in [2.05, 4.69) is 57.4 Å². The molecule has 2 bridgehead atoms. The molecule has 0 radical (unpaired) electrons. The maximum atomic E-state index is 13.7. The first-order chi connectivity index (χ1) is 31.9. The van der Waals surface area contributed by atoms with Crippen molar-refractivity contribution in [3.63, 3.8) is 0 Å². The highest BCUT2D eigenvalue weighted by atomic mass is 32.1. The van der Waals surface area contributed by atoms with E-state index in [0.29, 0.717) is 73.0 Å². The zero-order valence-electron chi connectivity index (χ0n) is 36.3. The molecule has 7 heterocycles. The highest BCUT2D eigenvalue weighted by Crippen LogP contribution is 2.35. The first-order valence-electron chi connectivity index (χ1n) is 21.7. The third kappa shape index (κ3) is 10.2. The van der Waals surface area contributed by atoms with Gasteiger partial charge in [0.15, 0.2) is 21.9 Å². The number of aromatic nitrogens is 6. The number of piperidine rings is 1. The fourth-order valence-electron chi connectivity index (χ4n) is 8.51. The van der Waals surface area contributed by atoms with Crippen molar-refractivity contribution in [3.05, 3.63) is 93.2 Å². The third-order valence-corrected chi connectivity index (χ3v) is 13.9. The fourth-order valence-corrected chi connectivity index (χ4v) is 9.94. The molecular formula is C44H50N14O6S2. The Labute approximate surface area is 387 Å². The maximum absolute atomic E-state index is 13.7. The van der Waals surface area contributed by atoms with Gasteiger partial charge in [-0.05, 0) is 82.3 Å². The fraction of sp³-hybridized carbons (Fsp3) is 0.364. The van der Waals surface area contributed by atoms with E-state index < -0.39 is 11.8 Å². The minimum Gasteiger partial charge on any atom is -0.508 e. The van der Waals surface area contributed by atoms with Crippen LogP contribution in [0.3, 0.4) is 0 Å². The minimum atomic E-state index is -0.423. The molecule has 2 aromatic carbocycles. The molecule has 3 aliphatic heterocycles. The number of nitrogens with zero attached hydrogens (tertiary/aromatic N) is 7. The normalized spacial score (nSPS) is 16.9. The lowest BCUT2D eigenvalue weighted by Gasteiger charge is -2.27. The number of carbonyl (C=O) groups excluding carboxylic acids is 4. The van der Waals surface area contributed by atoms with Crippen molar-refractivity contribution in [2.24, 2.45) is 0 Å². The van der Waals surface area contributed by atoms with Crippen molar-refractivity contribution in [1.82, 2.24) is 50.4 Å². The SMILES string of the molecule is Cc1c(O)ccc(CCc2ccc(O)c(C)c2NC(=O)c2cnc(Nc3ccn(CC(=O)N4C[C@@H]5C[C@H]4CN5)n3)s2)c1NC(=O)c1cnc(Nc2ccn(CC(=O)NC3CCNCC3)n2)s1. The molecule has 0 spiro atoms. The molecule has 0 saturated carbocycles. The van der Waals surface area contributed by atoms with Crippen LogP contribution in [0, 0.1) is 13.8 Å².